The molecule has 0 aliphatic carbocycles. The highest BCUT2D eigenvalue weighted by molar-refractivity contribution is 6.20. The molecular weight excluding hydrogens is 192 g/mol. The van der Waals surface area contributed by atoms with Crippen molar-refractivity contribution in [1.29, 1.82) is 0 Å². The molecule has 0 bridgehead atoms. The van der Waals surface area contributed by atoms with Gasteiger partial charge in [-0.25, -0.2) is 0 Å². The summed E-state index contributed by atoms with van der Waals surface area (Å²) < 4.78 is 0. The fourth-order valence-corrected chi connectivity index (χ4v) is 2.49. The van der Waals surface area contributed by atoms with E-state index in [9.17, 15) is 0 Å². The first-order chi connectivity index (χ1) is 6.59. The molecule has 0 aromatic heterocycles. The molecule has 0 radical (unpaired) electrons. The second-order valence-corrected chi connectivity index (χ2v) is 5.48. The van der Waals surface area contributed by atoms with E-state index in [1.165, 1.54) is 38.5 Å². The summed E-state index contributed by atoms with van der Waals surface area (Å²) in [7, 11) is 0. The molecule has 1 heteroatoms. The standard InChI is InChI=1S/C13H27Cl/c1-5-6-7-8-9-10-13(11(2)3)12(4)14/h11-13H,5-10H2,1-4H3. The van der Waals surface area contributed by atoms with E-state index in [-0.39, 0.29) is 0 Å². The first-order valence-corrected chi connectivity index (χ1v) is 6.67. The Hall–Kier alpha value is 0.290. The van der Waals surface area contributed by atoms with Crippen LogP contribution in [0.25, 0.3) is 0 Å². The highest BCUT2D eigenvalue weighted by Gasteiger charge is 2.17. The number of hydrogen-bond donors (Lipinski definition) is 0. The van der Waals surface area contributed by atoms with Crippen LogP contribution < -0.4 is 0 Å². The van der Waals surface area contributed by atoms with Crippen LogP contribution in [0.5, 0.6) is 0 Å². The Labute approximate surface area is 95.4 Å². The Morgan fingerprint density at radius 3 is 1.93 bits per heavy atom. The van der Waals surface area contributed by atoms with Gasteiger partial charge in [0.1, 0.15) is 0 Å². The predicted octanol–water partition coefficient (Wildman–Crippen LogP) is 5.25. The van der Waals surface area contributed by atoms with E-state index in [1.54, 1.807) is 0 Å². The third-order valence-electron chi connectivity index (χ3n) is 3.09. The zero-order valence-electron chi connectivity index (χ0n) is 10.4. The van der Waals surface area contributed by atoms with Crippen molar-refractivity contribution in [3.63, 3.8) is 0 Å². The second kappa shape index (κ2) is 8.59. The minimum Gasteiger partial charge on any atom is -0.123 e. The Morgan fingerprint density at radius 2 is 1.50 bits per heavy atom. The van der Waals surface area contributed by atoms with Crippen LogP contribution in [0.15, 0.2) is 0 Å². The van der Waals surface area contributed by atoms with Gasteiger partial charge in [-0.15, -0.1) is 11.6 Å². The summed E-state index contributed by atoms with van der Waals surface area (Å²) in [5.74, 6) is 1.44. The molecule has 0 saturated heterocycles. The normalized spacial score (nSPS) is 15.9. The summed E-state index contributed by atoms with van der Waals surface area (Å²) in [6.45, 7) is 8.97. The summed E-state index contributed by atoms with van der Waals surface area (Å²) in [5.41, 5.74) is 0. The van der Waals surface area contributed by atoms with Crippen LogP contribution in [0.4, 0.5) is 0 Å². The molecule has 14 heavy (non-hydrogen) atoms. The lowest BCUT2D eigenvalue weighted by Crippen LogP contribution is -2.17. The minimum absolute atomic E-state index is 0.334. The molecule has 0 heterocycles. The Kier molecular flexibility index (Phi) is 8.76. The molecule has 0 aromatic carbocycles. The summed E-state index contributed by atoms with van der Waals surface area (Å²) in [6, 6.07) is 0. The van der Waals surface area contributed by atoms with Gasteiger partial charge in [0.15, 0.2) is 0 Å². The maximum absolute atomic E-state index is 6.18. The van der Waals surface area contributed by atoms with Crippen molar-refractivity contribution in [2.24, 2.45) is 11.8 Å². The molecule has 0 spiro atoms. The van der Waals surface area contributed by atoms with Gasteiger partial charge in [-0.05, 0) is 25.2 Å². The third-order valence-corrected chi connectivity index (χ3v) is 3.41. The average molecular weight is 219 g/mol. The maximum atomic E-state index is 6.18. The van der Waals surface area contributed by atoms with Crippen molar-refractivity contribution in [1.82, 2.24) is 0 Å². The van der Waals surface area contributed by atoms with Crippen molar-refractivity contribution in [2.45, 2.75) is 71.6 Å². The van der Waals surface area contributed by atoms with Crippen molar-refractivity contribution in [3.05, 3.63) is 0 Å². The summed E-state index contributed by atoms with van der Waals surface area (Å²) in [6.07, 6.45) is 8.19. The van der Waals surface area contributed by atoms with Gasteiger partial charge in [-0.3, -0.25) is 0 Å². The van der Waals surface area contributed by atoms with Gasteiger partial charge in [0.2, 0.25) is 0 Å². The van der Waals surface area contributed by atoms with Crippen LogP contribution in [0.2, 0.25) is 0 Å². The summed E-state index contributed by atoms with van der Waals surface area (Å²) in [4.78, 5) is 0. The van der Waals surface area contributed by atoms with E-state index in [0.717, 1.165) is 5.92 Å². The minimum atomic E-state index is 0.334. The molecule has 0 saturated carbocycles. The lowest BCUT2D eigenvalue weighted by Gasteiger charge is -2.23. The van der Waals surface area contributed by atoms with Gasteiger partial charge in [0.25, 0.3) is 0 Å². The van der Waals surface area contributed by atoms with Gasteiger partial charge in [-0.2, -0.15) is 0 Å². The maximum Gasteiger partial charge on any atom is 0.0338 e. The Bertz CT molecular complexity index is 110. The smallest absolute Gasteiger partial charge is 0.0338 e. The third kappa shape index (κ3) is 6.70. The van der Waals surface area contributed by atoms with E-state index in [1.807, 2.05) is 0 Å². The molecule has 0 aromatic rings. The van der Waals surface area contributed by atoms with Gasteiger partial charge in [0, 0.05) is 5.38 Å². The van der Waals surface area contributed by atoms with Gasteiger partial charge in [-0.1, -0.05) is 52.9 Å². The molecular formula is C13H27Cl. The number of halogens is 1. The Balaban J connectivity index is 3.52. The van der Waals surface area contributed by atoms with Crippen molar-refractivity contribution in [2.75, 3.05) is 0 Å². The summed E-state index contributed by atoms with van der Waals surface area (Å²) >= 11 is 6.18. The lowest BCUT2D eigenvalue weighted by molar-refractivity contribution is 0.340. The monoisotopic (exact) mass is 218 g/mol. The fourth-order valence-electron chi connectivity index (χ4n) is 2.08. The second-order valence-electron chi connectivity index (χ2n) is 4.79. The van der Waals surface area contributed by atoms with E-state index in [2.05, 4.69) is 27.7 Å². The molecule has 0 aliphatic rings. The van der Waals surface area contributed by atoms with Crippen LogP contribution >= 0.6 is 11.6 Å². The number of rotatable bonds is 8. The highest BCUT2D eigenvalue weighted by Crippen LogP contribution is 2.25. The van der Waals surface area contributed by atoms with E-state index >= 15 is 0 Å². The van der Waals surface area contributed by atoms with Crippen LogP contribution in [0.3, 0.4) is 0 Å². The molecule has 2 atom stereocenters. The van der Waals surface area contributed by atoms with E-state index < -0.39 is 0 Å². The SMILES string of the molecule is CCCCCCCC(C(C)C)C(C)Cl. The quantitative estimate of drug-likeness (QED) is 0.386. The zero-order chi connectivity index (χ0) is 11.0. The van der Waals surface area contributed by atoms with Crippen molar-refractivity contribution >= 4 is 11.6 Å². The largest absolute Gasteiger partial charge is 0.123 e. The lowest BCUT2D eigenvalue weighted by atomic mass is 9.88. The van der Waals surface area contributed by atoms with Gasteiger partial charge >= 0.3 is 0 Å². The van der Waals surface area contributed by atoms with Crippen LogP contribution in [-0.4, -0.2) is 5.38 Å². The molecule has 0 rings (SSSR count). The first kappa shape index (κ1) is 14.3. The van der Waals surface area contributed by atoms with Crippen molar-refractivity contribution < 1.29 is 0 Å². The topological polar surface area (TPSA) is 0 Å². The Morgan fingerprint density at radius 1 is 0.929 bits per heavy atom. The van der Waals surface area contributed by atoms with Gasteiger partial charge < -0.3 is 0 Å². The van der Waals surface area contributed by atoms with Gasteiger partial charge in [0.05, 0.1) is 0 Å². The summed E-state index contributed by atoms with van der Waals surface area (Å²) in [5, 5.41) is 0.334. The van der Waals surface area contributed by atoms with E-state index in [0.29, 0.717) is 11.3 Å². The molecule has 0 fully saturated rings. The fraction of sp³-hybridized carbons (Fsp3) is 1.00. The average Bonchev–Trinajstić information content (AvgIpc) is 2.09. The number of unbranched alkanes of at least 4 members (excludes halogenated alkanes) is 4. The van der Waals surface area contributed by atoms with Crippen molar-refractivity contribution in [3.8, 4) is 0 Å². The molecule has 0 amide bonds. The predicted molar refractivity (Wildman–Crippen MR) is 67.0 cm³/mol. The molecule has 86 valence electrons. The molecule has 0 aliphatic heterocycles. The molecule has 2 unspecified atom stereocenters. The number of alkyl halides is 1. The van der Waals surface area contributed by atoms with Crippen LogP contribution in [0.1, 0.15) is 66.2 Å². The van der Waals surface area contributed by atoms with Crippen LogP contribution in [0, 0.1) is 11.8 Å². The molecule has 0 N–H and O–H groups in total. The number of hydrogen-bond acceptors (Lipinski definition) is 0. The first-order valence-electron chi connectivity index (χ1n) is 6.23. The zero-order valence-corrected chi connectivity index (χ0v) is 11.1. The van der Waals surface area contributed by atoms with E-state index in [4.69, 9.17) is 11.6 Å². The van der Waals surface area contributed by atoms with Crippen LogP contribution in [-0.2, 0) is 0 Å². The molecule has 0 nitrogen and oxygen atoms in total. The highest BCUT2D eigenvalue weighted by atomic mass is 35.5.